The predicted octanol–water partition coefficient (Wildman–Crippen LogP) is 3.35. The third-order valence-corrected chi connectivity index (χ3v) is 3.64. The summed E-state index contributed by atoms with van der Waals surface area (Å²) in [7, 11) is 0. The normalized spacial score (nSPS) is 12.9. The summed E-state index contributed by atoms with van der Waals surface area (Å²) in [6.45, 7) is 6.32. The molecule has 14 heavy (non-hydrogen) atoms. The molecule has 1 nitrogen and oxygen atoms in total. The molecule has 0 aliphatic heterocycles. The molecule has 0 aromatic heterocycles. The van der Waals surface area contributed by atoms with Gasteiger partial charge in [-0.2, -0.15) is 0 Å². The number of aryl methyl sites for hydroxylation is 3. The van der Waals surface area contributed by atoms with Crippen LogP contribution in [0.15, 0.2) is 16.6 Å². The fraction of sp³-hybridized carbons (Fsp3) is 0.500. The first-order valence-corrected chi connectivity index (χ1v) is 5.81. The summed E-state index contributed by atoms with van der Waals surface area (Å²) in [4.78, 5) is 0. The van der Waals surface area contributed by atoms with Gasteiger partial charge in [0.25, 0.3) is 0 Å². The summed E-state index contributed by atoms with van der Waals surface area (Å²) in [6.07, 6.45) is 2.13. The summed E-state index contributed by atoms with van der Waals surface area (Å²) in [5.41, 5.74) is 9.75. The van der Waals surface area contributed by atoms with Crippen LogP contribution in [0.1, 0.15) is 30.0 Å². The molecule has 1 aromatic rings. The molecule has 0 amide bonds. The van der Waals surface area contributed by atoms with Crippen LogP contribution in [0, 0.1) is 13.8 Å². The van der Waals surface area contributed by atoms with E-state index in [4.69, 9.17) is 5.73 Å². The van der Waals surface area contributed by atoms with E-state index in [9.17, 15) is 0 Å². The Balaban J connectivity index is 2.79. The molecule has 0 aliphatic rings. The first kappa shape index (κ1) is 11.7. The van der Waals surface area contributed by atoms with Crippen LogP contribution < -0.4 is 5.73 Å². The highest BCUT2D eigenvalue weighted by Gasteiger charge is 2.03. The molecular weight excluding hydrogens is 238 g/mol. The van der Waals surface area contributed by atoms with Crippen molar-refractivity contribution in [2.24, 2.45) is 5.73 Å². The third kappa shape index (κ3) is 3.10. The summed E-state index contributed by atoms with van der Waals surface area (Å²) in [5.74, 6) is 0. The lowest BCUT2D eigenvalue weighted by atomic mass is 10.0. The zero-order chi connectivity index (χ0) is 10.7. The van der Waals surface area contributed by atoms with Gasteiger partial charge in [-0.1, -0.05) is 28.1 Å². The Hall–Kier alpha value is -0.340. The van der Waals surface area contributed by atoms with Gasteiger partial charge in [0, 0.05) is 10.5 Å². The van der Waals surface area contributed by atoms with E-state index in [0.29, 0.717) is 6.04 Å². The number of hydrogen-bond donors (Lipinski definition) is 1. The minimum Gasteiger partial charge on any atom is -0.328 e. The molecule has 0 saturated heterocycles. The number of benzene rings is 1. The molecule has 1 atom stereocenters. The van der Waals surface area contributed by atoms with Crippen LogP contribution in [0.2, 0.25) is 0 Å². The van der Waals surface area contributed by atoms with Crippen LogP contribution in [-0.2, 0) is 6.42 Å². The van der Waals surface area contributed by atoms with E-state index in [0.717, 1.165) is 12.8 Å². The second-order valence-corrected chi connectivity index (χ2v) is 4.85. The van der Waals surface area contributed by atoms with Gasteiger partial charge in [-0.15, -0.1) is 0 Å². The Morgan fingerprint density at radius 1 is 1.29 bits per heavy atom. The van der Waals surface area contributed by atoms with Crippen molar-refractivity contribution >= 4 is 15.9 Å². The maximum atomic E-state index is 5.74. The number of nitrogens with two attached hydrogens (primary N) is 1. The van der Waals surface area contributed by atoms with E-state index in [1.165, 1.54) is 21.2 Å². The standard InChI is InChI=1S/C12H18BrN/c1-8-6-11(5-4-10(3)14)7-9(2)12(8)13/h6-7,10H,4-5,14H2,1-3H3/t10-/m1/s1. The van der Waals surface area contributed by atoms with Crippen molar-refractivity contribution in [1.29, 1.82) is 0 Å². The van der Waals surface area contributed by atoms with E-state index in [1.54, 1.807) is 0 Å². The Kier molecular flexibility index (Phi) is 4.14. The van der Waals surface area contributed by atoms with Gasteiger partial charge in [-0.05, 0) is 50.3 Å². The van der Waals surface area contributed by atoms with Gasteiger partial charge < -0.3 is 5.73 Å². The minimum atomic E-state index is 0.291. The maximum Gasteiger partial charge on any atom is 0.0233 e. The summed E-state index contributed by atoms with van der Waals surface area (Å²) in [5, 5.41) is 0. The van der Waals surface area contributed by atoms with Crippen LogP contribution in [0.4, 0.5) is 0 Å². The number of halogens is 1. The van der Waals surface area contributed by atoms with Crippen molar-refractivity contribution in [1.82, 2.24) is 0 Å². The third-order valence-electron chi connectivity index (χ3n) is 2.38. The van der Waals surface area contributed by atoms with Gasteiger partial charge in [-0.3, -0.25) is 0 Å². The molecule has 0 radical (unpaired) electrons. The van der Waals surface area contributed by atoms with Gasteiger partial charge in [0.1, 0.15) is 0 Å². The zero-order valence-electron chi connectivity index (χ0n) is 9.10. The Bertz CT molecular complexity index is 295. The lowest BCUT2D eigenvalue weighted by Crippen LogP contribution is -2.15. The predicted molar refractivity (Wildman–Crippen MR) is 65.6 cm³/mol. The van der Waals surface area contributed by atoms with Crippen molar-refractivity contribution in [3.05, 3.63) is 33.3 Å². The molecule has 0 spiro atoms. The van der Waals surface area contributed by atoms with Crippen LogP contribution in [0.25, 0.3) is 0 Å². The second kappa shape index (κ2) is 4.94. The van der Waals surface area contributed by atoms with E-state index >= 15 is 0 Å². The molecule has 1 rings (SSSR count). The summed E-state index contributed by atoms with van der Waals surface area (Å²) < 4.78 is 1.22. The molecule has 0 heterocycles. The highest BCUT2D eigenvalue weighted by atomic mass is 79.9. The summed E-state index contributed by atoms with van der Waals surface area (Å²) >= 11 is 3.57. The van der Waals surface area contributed by atoms with Crippen molar-refractivity contribution in [2.45, 2.75) is 39.7 Å². The minimum absolute atomic E-state index is 0.291. The van der Waals surface area contributed by atoms with Crippen LogP contribution in [0.3, 0.4) is 0 Å². The monoisotopic (exact) mass is 255 g/mol. The van der Waals surface area contributed by atoms with E-state index in [1.807, 2.05) is 0 Å². The molecule has 1 aromatic carbocycles. The van der Waals surface area contributed by atoms with E-state index in [2.05, 4.69) is 48.8 Å². The maximum absolute atomic E-state index is 5.74. The molecular formula is C12H18BrN. The molecule has 0 saturated carbocycles. The van der Waals surface area contributed by atoms with Crippen LogP contribution >= 0.6 is 15.9 Å². The van der Waals surface area contributed by atoms with Crippen molar-refractivity contribution in [3.63, 3.8) is 0 Å². The van der Waals surface area contributed by atoms with Gasteiger partial charge in [0.05, 0.1) is 0 Å². The number of rotatable bonds is 3. The van der Waals surface area contributed by atoms with E-state index in [-0.39, 0.29) is 0 Å². The van der Waals surface area contributed by atoms with Crippen molar-refractivity contribution in [2.75, 3.05) is 0 Å². The molecule has 0 unspecified atom stereocenters. The van der Waals surface area contributed by atoms with Gasteiger partial charge in [-0.25, -0.2) is 0 Å². The molecule has 0 fully saturated rings. The fourth-order valence-electron chi connectivity index (χ4n) is 1.57. The van der Waals surface area contributed by atoms with Gasteiger partial charge >= 0.3 is 0 Å². The van der Waals surface area contributed by atoms with Crippen LogP contribution in [0.5, 0.6) is 0 Å². The lowest BCUT2D eigenvalue weighted by molar-refractivity contribution is 0.665. The van der Waals surface area contributed by atoms with Crippen molar-refractivity contribution < 1.29 is 0 Å². The van der Waals surface area contributed by atoms with Gasteiger partial charge in [0.15, 0.2) is 0 Å². The average Bonchev–Trinajstić information content (AvgIpc) is 2.10. The van der Waals surface area contributed by atoms with Gasteiger partial charge in [0.2, 0.25) is 0 Å². The molecule has 0 bridgehead atoms. The topological polar surface area (TPSA) is 26.0 Å². The molecule has 2 heteroatoms. The zero-order valence-corrected chi connectivity index (χ0v) is 10.7. The largest absolute Gasteiger partial charge is 0.328 e. The first-order chi connectivity index (χ1) is 6.50. The van der Waals surface area contributed by atoms with E-state index < -0.39 is 0 Å². The first-order valence-electron chi connectivity index (χ1n) is 5.02. The van der Waals surface area contributed by atoms with Crippen LogP contribution in [-0.4, -0.2) is 6.04 Å². The number of hydrogen-bond acceptors (Lipinski definition) is 1. The highest BCUT2D eigenvalue weighted by molar-refractivity contribution is 9.10. The SMILES string of the molecule is Cc1cc(CC[C@@H](C)N)cc(C)c1Br. The Morgan fingerprint density at radius 2 is 1.79 bits per heavy atom. The lowest BCUT2D eigenvalue weighted by Gasteiger charge is -2.09. The fourth-order valence-corrected chi connectivity index (χ4v) is 1.80. The smallest absolute Gasteiger partial charge is 0.0233 e. The Labute approximate surface area is 94.8 Å². The highest BCUT2D eigenvalue weighted by Crippen LogP contribution is 2.23. The quantitative estimate of drug-likeness (QED) is 0.881. The summed E-state index contributed by atoms with van der Waals surface area (Å²) in [6, 6.07) is 4.76. The molecule has 2 N–H and O–H groups in total. The average molecular weight is 256 g/mol. The second-order valence-electron chi connectivity index (χ2n) is 4.06. The van der Waals surface area contributed by atoms with Crippen molar-refractivity contribution in [3.8, 4) is 0 Å². The molecule has 0 aliphatic carbocycles. The Morgan fingerprint density at radius 3 is 2.21 bits per heavy atom. The molecule has 78 valence electrons.